The fourth-order valence-corrected chi connectivity index (χ4v) is 1.75. The van der Waals surface area contributed by atoms with E-state index >= 15 is 0 Å². The maximum Gasteiger partial charge on any atom is 0.243 e. The van der Waals surface area contributed by atoms with Crippen LogP contribution in [0.15, 0.2) is 0 Å². The molecule has 0 aliphatic carbocycles. The highest BCUT2D eigenvalue weighted by Gasteiger charge is 2.28. The predicted octanol–water partition coefficient (Wildman–Crippen LogP) is -1.23. The summed E-state index contributed by atoms with van der Waals surface area (Å²) in [7, 11) is 0. The van der Waals surface area contributed by atoms with E-state index < -0.39 is 29.8 Å². The Kier molecular flexibility index (Phi) is 8.03. The van der Waals surface area contributed by atoms with E-state index in [0.29, 0.717) is 6.42 Å². The van der Waals surface area contributed by atoms with Crippen LogP contribution in [0.2, 0.25) is 0 Å². The van der Waals surface area contributed by atoms with Crippen LogP contribution in [0.5, 0.6) is 0 Å². The van der Waals surface area contributed by atoms with E-state index in [4.69, 9.17) is 11.5 Å². The van der Waals surface area contributed by atoms with E-state index in [9.17, 15) is 19.2 Å². The molecule has 21 heavy (non-hydrogen) atoms. The van der Waals surface area contributed by atoms with Crippen molar-refractivity contribution in [3.05, 3.63) is 0 Å². The first-order valence-corrected chi connectivity index (χ1v) is 6.84. The summed E-state index contributed by atoms with van der Waals surface area (Å²) in [5.41, 5.74) is 10.2. The van der Waals surface area contributed by atoms with Crippen molar-refractivity contribution in [3.8, 4) is 0 Å². The SMILES string of the molecule is CCC(C)[C@H](NC(C)=O)C(=O)NC(CCC(N)=O)C(N)=O. The van der Waals surface area contributed by atoms with Gasteiger partial charge in [0.15, 0.2) is 0 Å². The van der Waals surface area contributed by atoms with Gasteiger partial charge in [0.2, 0.25) is 23.6 Å². The van der Waals surface area contributed by atoms with Gasteiger partial charge in [0.1, 0.15) is 12.1 Å². The lowest BCUT2D eigenvalue weighted by Crippen LogP contribution is -2.54. The van der Waals surface area contributed by atoms with E-state index in [1.165, 1.54) is 6.92 Å². The number of primary amides is 2. The van der Waals surface area contributed by atoms with Gasteiger partial charge in [0, 0.05) is 13.3 Å². The molecule has 0 aliphatic rings. The summed E-state index contributed by atoms with van der Waals surface area (Å²) in [5, 5.41) is 5.00. The number of rotatable bonds is 9. The minimum atomic E-state index is -0.995. The van der Waals surface area contributed by atoms with Crippen molar-refractivity contribution in [1.82, 2.24) is 10.6 Å². The van der Waals surface area contributed by atoms with Crippen molar-refractivity contribution in [2.45, 2.75) is 52.1 Å². The molecule has 0 rings (SSSR count). The smallest absolute Gasteiger partial charge is 0.243 e. The summed E-state index contributed by atoms with van der Waals surface area (Å²) in [5.74, 6) is -2.30. The lowest BCUT2D eigenvalue weighted by atomic mass is 9.97. The second kappa shape index (κ2) is 8.93. The third kappa shape index (κ3) is 7.28. The molecule has 0 radical (unpaired) electrons. The molecule has 3 atom stereocenters. The van der Waals surface area contributed by atoms with Crippen molar-refractivity contribution in [2.24, 2.45) is 17.4 Å². The molecule has 0 heterocycles. The van der Waals surface area contributed by atoms with Crippen molar-refractivity contribution < 1.29 is 19.2 Å². The average Bonchev–Trinajstić information content (AvgIpc) is 2.38. The third-order valence-electron chi connectivity index (χ3n) is 3.19. The van der Waals surface area contributed by atoms with Gasteiger partial charge in [-0.25, -0.2) is 0 Å². The summed E-state index contributed by atoms with van der Waals surface area (Å²) in [6.45, 7) is 5.00. The third-order valence-corrected chi connectivity index (χ3v) is 3.19. The van der Waals surface area contributed by atoms with Crippen LogP contribution in [0, 0.1) is 5.92 Å². The number of carbonyl (C=O) groups is 4. The van der Waals surface area contributed by atoms with E-state index in [-0.39, 0.29) is 24.7 Å². The van der Waals surface area contributed by atoms with Crippen LogP contribution < -0.4 is 22.1 Å². The second-order valence-corrected chi connectivity index (χ2v) is 5.03. The van der Waals surface area contributed by atoms with Gasteiger partial charge in [0.05, 0.1) is 0 Å². The lowest BCUT2D eigenvalue weighted by Gasteiger charge is -2.25. The standard InChI is InChI=1S/C13H24N4O4/c1-4-7(2)11(16-8(3)18)13(21)17-9(12(15)20)5-6-10(14)19/h7,9,11H,4-6H2,1-3H3,(H2,14,19)(H2,15,20)(H,16,18)(H,17,21)/t7?,9?,11-/m0/s1. The highest BCUT2D eigenvalue weighted by atomic mass is 16.2. The van der Waals surface area contributed by atoms with Gasteiger partial charge in [-0.15, -0.1) is 0 Å². The van der Waals surface area contributed by atoms with E-state index in [2.05, 4.69) is 10.6 Å². The number of amides is 4. The van der Waals surface area contributed by atoms with Crippen LogP contribution in [0.25, 0.3) is 0 Å². The first-order valence-electron chi connectivity index (χ1n) is 6.84. The normalized spacial score (nSPS) is 14.6. The van der Waals surface area contributed by atoms with Gasteiger partial charge < -0.3 is 22.1 Å². The molecule has 0 bridgehead atoms. The fourth-order valence-electron chi connectivity index (χ4n) is 1.75. The molecule has 2 unspecified atom stereocenters. The van der Waals surface area contributed by atoms with Gasteiger partial charge in [0.25, 0.3) is 0 Å². The summed E-state index contributed by atoms with van der Waals surface area (Å²) >= 11 is 0. The zero-order valence-corrected chi connectivity index (χ0v) is 12.6. The maximum atomic E-state index is 12.2. The topological polar surface area (TPSA) is 144 Å². The van der Waals surface area contributed by atoms with Crippen molar-refractivity contribution in [3.63, 3.8) is 0 Å². The highest BCUT2D eigenvalue weighted by Crippen LogP contribution is 2.09. The molecule has 0 spiro atoms. The van der Waals surface area contributed by atoms with Crippen molar-refractivity contribution in [1.29, 1.82) is 0 Å². The number of hydrogen-bond acceptors (Lipinski definition) is 4. The quantitative estimate of drug-likeness (QED) is 0.422. The van der Waals surface area contributed by atoms with Gasteiger partial charge in [-0.3, -0.25) is 19.2 Å². The lowest BCUT2D eigenvalue weighted by molar-refractivity contribution is -0.132. The molecule has 0 aromatic rings. The van der Waals surface area contributed by atoms with E-state index in [1.54, 1.807) is 0 Å². The largest absolute Gasteiger partial charge is 0.370 e. The van der Waals surface area contributed by atoms with Gasteiger partial charge >= 0.3 is 0 Å². The van der Waals surface area contributed by atoms with E-state index in [1.807, 2.05) is 13.8 Å². The van der Waals surface area contributed by atoms with Gasteiger partial charge in [-0.1, -0.05) is 20.3 Å². The Balaban J connectivity index is 4.85. The van der Waals surface area contributed by atoms with Crippen molar-refractivity contribution >= 4 is 23.6 Å². The Labute approximate surface area is 124 Å². The molecular formula is C13H24N4O4. The Hall–Kier alpha value is -2.12. The van der Waals surface area contributed by atoms with E-state index in [0.717, 1.165) is 0 Å². The Morgan fingerprint density at radius 1 is 1.10 bits per heavy atom. The zero-order chi connectivity index (χ0) is 16.6. The minimum Gasteiger partial charge on any atom is -0.370 e. The predicted molar refractivity (Wildman–Crippen MR) is 76.6 cm³/mol. The zero-order valence-electron chi connectivity index (χ0n) is 12.6. The number of nitrogens with one attached hydrogen (secondary N) is 2. The summed E-state index contributed by atoms with van der Waals surface area (Å²) < 4.78 is 0. The Morgan fingerprint density at radius 2 is 1.67 bits per heavy atom. The first-order chi connectivity index (χ1) is 9.68. The molecule has 8 heteroatoms. The summed E-state index contributed by atoms with van der Waals surface area (Å²) in [6.07, 6.45) is 0.632. The molecule has 0 aromatic heterocycles. The van der Waals surface area contributed by atoms with Gasteiger partial charge in [-0.2, -0.15) is 0 Å². The minimum absolute atomic E-state index is 0.0315. The number of hydrogen-bond donors (Lipinski definition) is 4. The van der Waals surface area contributed by atoms with Crippen LogP contribution in [0.3, 0.4) is 0 Å². The molecule has 6 N–H and O–H groups in total. The van der Waals surface area contributed by atoms with Crippen molar-refractivity contribution in [2.75, 3.05) is 0 Å². The Bertz CT molecular complexity index is 411. The first kappa shape index (κ1) is 18.9. The maximum absolute atomic E-state index is 12.2. The molecule has 0 saturated carbocycles. The molecular weight excluding hydrogens is 276 g/mol. The summed E-state index contributed by atoms with van der Waals surface area (Å²) in [4.78, 5) is 45.4. The fraction of sp³-hybridized carbons (Fsp3) is 0.692. The number of nitrogens with two attached hydrogens (primary N) is 2. The molecule has 120 valence electrons. The van der Waals surface area contributed by atoms with Crippen LogP contribution in [-0.2, 0) is 19.2 Å². The van der Waals surface area contributed by atoms with Gasteiger partial charge in [-0.05, 0) is 12.3 Å². The molecule has 0 aliphatic heterocycles. The molecule has 4 amide bonds. The molecule has 8 nitrogen and oxygen atoms in total. The van der Waals surface area contributed by atoms with Crippen LogP contribution in [0.4, 0.5) is 0 Å². The molecule has 0 aromatic carbocycles. The summed E-state index contributed by atoms with van der Waals surface area (Å²) in [6, 6.07) is -1.76. The Morgan fingerprint density at radius 3 is 2.05 bits per heavy atom. The highest BCUT2D eigenvalue weighted by molar-refractivity contribution is 5.91. The second-order valence-electron chi connectivity index (χ2n) is 5.03. The molecule has 0 fully saturated rings. The molecule has 0 saturated heterocycles. The van der Waals surface area contributed by atoms with Crippen LogP contribution >= 0.6 is 0 Å². The number of carbonyl (C=O) groups excluding carboxylic acids is 4. The van der Waals surface area contributed by atoms with Crippen LogP contribution in [0.1, 0.15) is 40.0 Å². The monoisotopic (exact) mass is 300 g/mol. The average molecular weight is 300 g/mol. The van der Waals surface area contributed by atoms with Crippen LogP contribution in [-0.4, -0.2) is 35.7 Å².